The second-order valence-electron chi connectivity index (χ2n) is 13.0. The molecule has 1 aliphatic heterocycles. The maximum absolute atomic E-state index is 2.72. The highest BCUT2D eigenvalue weighted by atomic mass is 28.3. The molecule has 3 heteroatoms. The number of hydrogen-bond acceptors (Lipinski definition) is 2. The van der Waals surface area contributed by atoms with Crippen LogP contribution in [0.3, 0.4) is 0 Å². The highest BCUT2D eigenvalue weighted by molar-refractivity contribution is 7.21. The van der Waals surface area contributed by atoms with Crippen molar-refractivity contribution in [2.75, 3.05) is 9.80 Å². The second-order valence-corrected chi connectivity index (χ2v) is 16.7. The van der Waals surface area contributed by atoms with Gasteiger partial charge in [-0.3, -0.25) is 0 Å². The van der Waals surface area contributed by atoms with Gasteiger partial charge >= 0.3 is 0 Å². The summed E-state index contributed by atoms with van der Waals surface area (Å²) in [4.78, 5) is 4.79. The molecule has 0 atom stereocenters. The van der Waals surface area contributed by atoms with E-state index in [1.54, 1.807) is 0 Å². The maximum Gasteiger partial charge on any atom is 0.184 e. The third kappa shape index (κ3) is 5.27. The first-order valence-electron chi connectivity index (χ1n) is 17.5. The smallest absolute Gasteiger partial charge is 0.184 e. The number of fused-ring (bicyclic) bond motifs is 2. The zero-order valence-electron chi connectivity index (χ0n) is 28.2. The van der Waals surface area contributed by atoms with Crippen LogP contribution in [-0.2, 0) is 0 Å². The van der Waals surface area contributed by atoms with Crippen LogP contribution in [0, 0.1) is 0 Å². The van der Waals surface area contributed by atoms with Gasteiger partial charge in [-0.25, -0.2) is 0 Å². The summed E-state index contributed by atoms with van der Waals surface area (Å²) in [5, 5.41) is 5.56. The Hall–Kier alpha value is -6.42. The third-order valence-electron chi connectivity index (χ3n) is 10.1. The largest absolute Gasteiger partial charge is 0.311 e. The Labute approximate surface area is 301 Å². The third-order valence-corrected chi connectivity index (χ3v) is 15.0. The van der Waals surface area contributed by atoms with E-state index in [0.717, 1.165) is 22.7 Å². The first kappa shape index (κ1) is 30.6. The fraction of sp³-hybridized carbons (Fsp3) is 0. The monoisotopic (exact) mass is 668 g/mol. The molecule has 242 valence electrons. The van der Waals surface area contributed by atoms with Gasteiger partial charge in [0.05, 0.1) is 0 Å². The van der Waals surface area contributed by atoms with Crippen molar-refractivity contribution < 1.29 is 0 Å². The van der Waals surface area contributed by atoms with Crippen LogP contribution in [0.4, 0.5) is 34.1 Å². The number of nitrogens with zero attached hydrogens (tertiary/aromatic N) is 2. The number of para-hydroxylation sites is 4. The van der Waals surface area contributed by atoms with E-state index in [0.29, 0.717) is 0 Å². The molecule has 0 unspecified atom stereocenters. The summed E-state index contributed by atoms with van der Waals surface area (Å²) in [5.74, 6) is 0. The van der Waals surface area contributed by atoms with E-state index in [9.17, 15) is 0 Å². The van der Waals surface area contributed by atoms with Crippen LogP contribution >= 0.6 is 0 Å². The van der Waals surface area contributed by atoms with Gasteiger partial charge in [-0.1, -0.05) is 158 Å². The SMILES string of the molecule is c1ccc(N(c2ccccc2)c2ccc(-c3ccc4c(c3)N(c3ccccc3)c3ccccc3[Si]4(c3ccccc3)c3ccccc3)cc2)cc1. The average Bonchev–Trinajstić information content (AvgIpc) is 3.22. The second kappa shape index (κ2) is 13.1. The highest BCUT2D eigenvalue weighted by Crippen LogP contribution is 2.41. The lowest BCUT2D eigenvalue weighted by molar-refractivity contribution is 1.28. The number of anilines is 6. The van der Waals surface area contributed by atoms with Gasteiger partial charge in [0, 0.05) is 34.1 Å². The number of rotatable bonds is 7. The normalized spacial score (nSPS) is 12.8. The van der Waals surface area contributed by atoms with Gasteiger partial charge in [0.2, 0.25) is 0 Å². The lowest BCUT2D eigenvalue weighted by Crippen LogP contribution is -2.77. The molecule has 0 bridgehead atoms. The summed E-state index contributed by atoms with van der Waals surface area (Å²) in [6.45, 7) is 0. The van der Waals surface area contributed by atoms with Crippen LogP contribution < -0.4 is 30.5 Å². The molecule has 0 saturated heterocycles. The standard InChI is InChI=1S/C48H36N2Si/c1-6-18-39(19-7-1)49(40-20-8-2-9-21-40)42-33-30-37(31-34-42)38-32-35-48-46(36-38)50(41-22-10-3-11-23-41)45-28-16-17-29-47(45)51(48,43-24-12-4-13-25-43)44-26-14-5-15-27-44/h1-36H. The number of benzene rings is 8. The van der Waals surface area contributed by atoms with Crippen molar-refractivity contribution in [3.05, 3.63) is 218 Å². The van der Waals surface area contributed by atoms with E-state index in [4.69, 9.17) is 0 Å². The van der Waals surface area contributed by atoms with Gasteiger partial charge < -0.3 is 9.80 Å². The summed E-state index contributed by atoms with van der Waals surface area (Å²) in [6.07, 6.45) is 0. The van der Waals surface area contributed by atoms with Crippen LogP contribution in [0.1, 0.15) is 0 Å². The van der Waals surface area contributed by atoms with Crippen LogP contribution in [0.2, 0.25) is 0 Å². The molecule has 8 aromatic rings. The molecule has 0 amide bonds. The fourth-order valence-electron chi connectivity index (χ4n) is 7.90. The molecular weight excluding hydrogens is 633 g/mol. The molecule has 1 aliphatic rings. The Balaban J connectivity index is 1.25. The zero-order valence-corrected chi connectivity index (χ0v) is 29.2. The van der Waals surface area contributed by atoms with E-state index in [2.05, 4.69) is 228 Å². The van der Waals surface area contributed by atoms with Crippen molar-refractivity contribution in [1.29, 1.82) is 0 Å². The zero-order chi connectivity index (χ0) is 34.0. The Bertz CT molecular complexity index is 2320. The molecule has 0 N–H and O–H groups in total. The predicted octanol–water partition coefficient (Wildman–Crippen LogP) is 9.98. The Morgan fingerprint density at radius 3 is 1.33 bits per heavy atom. The van der Waals surface area contributed by atoms with Gasteiger partial charge in [0.15, 0.2) is 8.07 Å². The van der Waals surface area contributed by atoms with Crippen LogP contribution in [0.25, 0.3) is 11.1 Å². The maximum atomic E-state index is 2.48. The van der Waals surface area contributed by atoms with Gasteiger partial charge in [-0.15, -0.1) is 0 Å². The van der Waals surface area contributed by atoms with Crippen molar-refractivity contribution in [3.63, 3.8) is 0 Å². The van der Waals surface area contributed by atoms with Gasteiger partial charge in [-0.2, -0.15) is 0 Å². The molecule has 0 saturated carbocycles. The lowest BCUT2D eigenvalue weighted by atomic mass is 10.0. The fourth-order valence-corrected chi connectivity index (χ4v) is 13.0. The van der Waals surface area contributed by atoms with E-state index in [1.165, 1.54) is 43.2 Å². The van der Waals surface area contributed by atoms with Gasteiger partial charge in [0.25, 0.3) is 0 Å². The molecule has 1 heterocycles. The van der Waals surface area contributed by atoms with E-state index >= 15 is 0 Å². The molecule has 0 aliphatic carbocycles. The number of hydrogen-bond donors (Lipinski definition) is 0. The summed E-state index contributed by atoms with van der Waals surface area (Å²) in [7, 11) is -2.72. The van der Waals surface area contributed by atoms with Gasteiger partial charge in [-0.05, 0) is 92.5 Å². The topological polar surface area (TPSA) is 6.48 Å². The molecule has 0 spiro atoms. The molecule has 8 aromatic carbocycles. The summed E-state index contributed by atoms with van der Waals surface area (Å²) < 4.78 is 0. The first-order valence-corrected chi connectivity index (χ1v) is 19.5. The van der Waals surface area contributed by atoms with Crippen molar-refractivity contribution >= 4 is 62.9 Å². The molecule has 0 aromatic heterocycles. The highest BCUT2D eigenvalue weighted by Gasteiger charge is 2.48. The summed E-state index contributed by atoms with van der Waals surface area (Å²) in [6, 6.07) is 79.7. The Kier molecular flexibility index (Phi) is 7.88. The summed E-state index contributed by atoms with van der Waals surface area (Å²) >= 11 is 0. The van der Waals surface area contributed by atoms with Crippen molar-refractivity contribution in [2.45, 2.75) is 0 Å². The molecule has 0 fully saturated rings. The van der Waals surface area contributed by atoms with E-state index in [1.807, 2.05) is 0 Å². The van der Waals surface area contributed by atoms with Gasteiger partial charge in [0.1, 0.15) is 0 Å². The van der Waals surface area contributed by atoms with Crippen LogP contribution in [0.5, 0.6) is 0 Å². The molecule has 51 heavy (non-hydrogen) atoms. The molecule has 2 nitrogen and oxygen atoms in total. The lowest BCUT2D eigenvalue weighted by Gasteiger charge is -2.45. The first-order chi connectivity index (χ1) is 25.3. The minimum atomic E-state index is -2.72. The molecule has 9 rings (SSSR count). The van der Waals surface area contributed by atoms with Crippen LogP contribution in [0.15, 0.2) is 218 Å². The minimum absolute atomic E-state index is 1.12. The molecule has 0 radical (unpaired) electrons. The average molecular weight is 669 g/mol. The molecular formula is C48H36N2Si. The minimum Gasteiger partial charge on any atom is -0.311 e. The predicted molar refractivity (Wildman–Crippen MR) is 218 cm³/mol. The van der Waals surface area contributed by atoms with E-state index in [-0.39, 0.29) is 0 Å². The van der Waals surface area contributed by atoms with Crippen molar-refractivity contribution in [2.24, 2.45) is 0 Å². The quantitative estimate of drug-likeness (QED) is 0.156. The Morgan fingerprint density at radius 2 is 0.765 bits per heavy atom. The van der Waals surface area contributed by atoms with Crippen molar-refractivity contribution in [1.82, 2.24) is 0 Å². The Morgan fingerprint density at radius 1 is 0.333 bits per heavy atom. The van der Waals surface area contributed by atoms with E-state index < -0.39 is 8.07 Å². The van der Waals surface area contributed by atoms with Crippen LogP contribution in [-0.4, -0.2) is 8.07 Å². The summed E-state index contributed by atoms with van der Waals surface area (Å²) in [5.41, 5.74) is 9.38. The van der Waals surface area contributed by atoms with Crippen molar-refractivity contribution in [3.8, 4) is 11.1 Å².